The van der Waals surface area contributed by atoms with Crippen LogP contribution in [0.3, 0.4) is 0 Å². The summed E-state index contributed by atoms with van der Waals surface area (Å²) < 4.78 is 18.3. The van der Waals surface area contributed by atoms with E-state index in [-0.39, 0.29) is 11.3 Å². The van der Waals surface area contributed by atoms with Crippen LogP contribution in [-0.2, 0) is 0 Å². The zero-order chi connectivity index (χ0) is 17.7. The van der Waals surface area contributed by atoms with Crippen LogP contribution in [0.5, 0.6) is 5.75 Å². The van der Waals surface area contributed by atoms with E-state index >= 15 is 0 Å². The highest BCUT2D eigenvalue weighted by Crippen LogP contribution is 2.19. The van der Waals surface area contributed by atoms with Crippen molar-refractivity contribution >= 4 is 17.5 Å². The van der Waals surface area contributed by atoms with Crippen LogP contribution in [0, 0.1) is 5.82 Å². The maximum Gasteiger partial charge on any atom is 0.273 e. The molecule has 0 aliphatic carbocycles. The minimum atomic E-state index is -0.677. The number of nitrogens with one attached hydrogen (secondary N) is 2. The van der Waals surface area contributed by atoms with E-state index in [9.17, 15) is 14.0 Å². The first-order valence-corrected chi connectivity index (χ1v) is 7.14. The van der Waals surface area contributed by atoms with Crippen LogP contribution < -0.4 is 20.5 Å². The largest absolute Gasteiger partial charge is 0.496 e. The first-order chi connectivity index (χ1) is 11.4. The van der Waals surface area contributed by atoms with Gasteiger partial charge in [0, 0.05) is 25.3 Å². The highest BCUT2D eigenvalue weighted by atomic mass is 19.1. The molecular weight excluding hydrogens is 313 g/mol. The average molecular weight is 331 g/mol. The van der Waals surface area contributed by atoms with Crippen molar-refractivity contribution in [1.29, 1.82) is 0 Å². The number of nitrogens with zero attached hydrogens (tertiary/aromatic N) is 1. The molecule has 0 aromatic heterocycles. The number of halogens is 1. The Labute approximate surface area is 139 Å². The van der Waals surface area contributed by atoms with Gasteiger partial charge in [-0.1, -0.05) is 6.07 Å². The van der Waals surface area contributed by atoms with Gasteiger partial charge < -0.3 is 9.64 Å². The molecule has 24 heavy (non-hydrogen) atoms. The van der Waals surface area contributed by atoms with E-state index in [1.807, 2.05) is 25.1 Å². The number of carbonyl (C=O) groups is 2. The van der Waals surface area contributed by atoms with Crippen molar-refractivity contribution < 1.29 is 18.7 Å². The summed E-state index contributed by atoms with van der Waals surface area (Å²) in [5, 5.41) is 0. The van der Waals surface area contributed by atoms with E-state index in [1.54, 1.807) is 18.2 Å². The van der Waals surface area contributed by atoms with Crippen LogP contribution in [0.1, 0.15) is 20.7 Å². The number of ether oxygens (including phenoxy) is 1. The number of rotatable bonds is 4. The van der Waals surface area contributed by atoms with E-state index < -0.39 is 17.6 Å². The molecule has 0 saturated carbocycles. The summed E-state index contributed by atoms with van der Waals surface area (Å²) in [5.41, 5.74) is 5.76. The number of amides is 2. The number of anilines is 1. The Kier molecular flexibility index (Phi) is 5.36. The van der Waals surface area contributed by atoms with Crippen LogP contribution >= 0.6 is 0 Å². The third-order valence-electron chi connectivity index (χ3n) is 3.32. The molecule has 0 spiro atoms. The van der Waals surface area contributed by atoms with Crippen molar-refractivity contribution in [3.63, 3.8) is 0 Å². The number of carbonyl (C=O) groups excluding carboxylic acids is 2. The number of methoxy groups -OCH3 is 1. The Morgan fingerprint density at radius 3 is 2.42 bits per heavy atom. The molecule has 0 unspecified atom stereocenters. The van der Waals surface area contributed by atoms with Crippen molar-refractivity contribution in [1.82, 2.24) is 10.9 Å². The molecule has 0 radical (unpaired) electrons. The van der Waals surface area contributed by atoms with Crippen LogP contribution in [-0.4, -0.2) is 33.0 Å². The second-order valence-electron chi connectivity index (χ2n) is 5.20. The fourth-order valence-corrected chi connectivity index (χ4v) is 2.04. The van der Waals surface area contributed by atoms with Crippen LogP contribution in [0.15, 0.2) is 42.5 Å². The summed E-state index contributed by atoms with van der Waals surface area (Å²) in [6.45, 7) is 0. The van der Waals surface area contributed by atoms with E-state index in [4.69, 9.17) is 4.74 Å². The van der Waals surface area contributed by atoms with Crippen LogP contribution in [0.4, 0.5) is 10.1 Å². The minimum absolute atomic E-state index is 0.0140. The highest BCUT2D eigenvalue weighted by Gasteiger charge is 2.15. The van der Waals surface area contributed by atoms with E-state index in [0.717, 1.165) is 11.8 Å². The van der Waals surface area contributed by atoms with Gasteiger partial charge in [0.1, 0.15) is 11.6 Å². The van der Waals surface area contributed by atoms with Gasteiger partial charge in [-0.15, -0.1) is 0 Å². The molecule has 126 valence electrons. The second-order valence-corrected chi connectivity index (χ2v) is 5.20. The number of benzene rings is 2. The molecule has 2 aromatic rings. The zero-order valence-corrected chi connectivity index (χ0v) is 13.6. The molecule has 2 rings (SSSR count). The topological polar surface area (TPSA) is 70.7 Å². The molecule has 0 heterocycles. The van der Waals surface area contributed by atoms with Gasteiger partial charge >= 0.3 is 0 Å². The Morgan fingerprint density at radius 2 is 1.75 bits per heavy atom. The molecular formula is C17H18FN3O3. The standard InChI is InChI=1S/C17H18FN3O3/c1-21(2)13-6-4-5-11(9-13)16(22)19-20-17(23)14-10-12(18)7-8-15(14)24-3/h4-10H,1-3H3,(H,19,22)(H,20,23). The molecule has 0 aliphatic rings. The Morgan fingerprint density at radius 1 is 1.04 bits per heavy atom. The highest BCUT2D eigenvalue weighted by molar-refractivity contribution is 6.00. The van der Waals surface area contributed by atoms with Gasteiger partial charge in [-0.2, -0.15) is 0 Å². The van der Waals surface area contributed by atoms with Gasteiger partial charge in [-0.3, -0.25) is 20.4 Å². The monoisotopic (exact) mass is 331 g/mol. The van der Waals surface area contributed by atoms with E-state index in [1.165, 1.54) is 19.2 Å². The summed E-state index contributed by atoms with van der Waals surface area (Å²) in [7, 11) is 5.08. The maximum atomic E-state index is 13.3. The fourth-order valence-electron chi connectivity index (χ4n) is 2.04. The second kappa shape index (κ2) is 7.45. The minimum Gasteiger partial charge on any atom is -0.496 e. The Balaban J connectivity index is 2.08. The van der Waals surface area contributed by atoms with Crippen molar-refractivity contribution in [2.24, 2.45) is 0 Å². The molecule has 7 heteroatoms. The lowest BCUT2D eigenvalue weighted by Gasteiger charge is -2.14. The summed E-state index contributed by atoms with van der Waals surface area (Å²) >= 11 is 0. The molecule has 2 N–H and O–H groups in total. The predicted octanol–water partition coefficient (Wildman–Crippen LogP) is 1.98. The van der Waals surface area contributed by atoms with Crippen molar-refractivity contribution in [2.45, 2.75) is 0 Å². The third-order valence-corrected chi connectivity index (χ3v) is 3.32. The lowest BCUT2D eigenvalue weighted by Crippen LogP contribution is -2.41. The average Bonchev–Trinajstić information content (AvgIpc) is 2.59. The summed E-state index contributed by atoms with van der Waals surface area (Å²) in [5.74, 6) is -1.53. The first kappa shape index (κ1) is 17.3. The van der Waals surface area contributed by atoms with Gasteiger partial charge in [0.2, 0.25) is 0 Å². The van der Waals surface area contributed by atoms with Gasteiger partial charge in [-0.25, -0.2) is 4.39 Å². The number of hydrazine groups is 1. The van der Waals surface area contributed by atoms with Crippen LogP contribution in [0.2, 0.25) is 0 Å². The SMILES string of the molecule is COc1ccc(F)cc1C(=O)NNC(=O)c1cccc(N(C)C)c1. The molecule has 0 aliphatic heterocycles. The third kappa shape index (κ3) is 4.01. The Hall–Kier alpha value is -3.09. The molecule has 0 atom stereocenters. The van der Waals surface area contributed by atoms with Gasteiger partial charge in [0.25, 0.3) is 11.8 Å². The van der Waals surface area contributed by atoms with E-state index in [2.05, 4.69) is 10.9 Å². The quantitative estimate of drug-likeness (QED) is 0.841. The van der Waals surface area contributed by atoms with Gasteiger partial charge in [0.05, 0.1) is 12.7 Å². The van der Waals surface area contributed by atoms with Gasteiger partial charge in [0.15, 0.2) is 0 Å². The molecule has 0 bridgehead atoms. The predicted molar refractivity (Wildman–Crippen MR) is 88.7 cm³/mol. The zero-order valence-electron chi connectivity index (χ0n) is 13.6. The molecule has 2 aromatic carbocycles. The summed E-state index contributed by atoms with van der Waals surface area (Å²) in [6.07, 6.45) is 0. The molecule has 6 nitrogen and oxygen atoms in total. The summed E-state index contributed by atoms with van der Waals surface area (Å²) in [4.78, 5) is 26.1. The molecule has 0 fully saturated rings. The number of hydrogen-bond acceptors (Lipinski definition) is 4. The van der Waals surface area contributed by atoms with Crippen molar-refractivity contribution in [3.8, 4) is 5.75 Å². The summed E-state index contributed by atoms with van der Waals surface area (Å²) in [6, 6.07) is 10.5. The van der Waals surface area contributed by atoms with Crippen molar-refractivity contribution in [3.05, 3.63) is 59.4 Å². The molecule has 2 amide bonds. The smallest absolute Gasteiger partial charge is 0.273 e. The van der Waals surface area contributed by atoms with E-state index in [0.29, 0.717) is 5.56 Å². The normalized spacial score (nSPS) is 10.0. The first-order valence-electron chi connectivity index (χ1n) is 7.14. The number of hydrogen-bond donors (Lipinski definition) is 2. The van der Waals surface area contributed by atoms with Crippen LogP contribution in [0.25, 0.3) is 0 Å². The lowest BCUT2D eigenvalue weighted by atomic mass is 10.2. The van der Waals surface area contributed by atoms with Crippen molar-refractivity contribution in [2.75, 3.05) is 26.1 Å². The fraction of sp³-hybridized carbons (Fsp3) is 0.176. The molecule has 0 saturated heterocycles. The van der Waals surface area contributed by atoms with Gasteiger partial charge in [-0.05, 0) is 36.4 Å². The maximum absolute atomic E-state index is 13.3. The lowest BCUT2D eigenvalue weighted by molar-refractivity contribution is 0.0844. The Bertz CT molecular complexity index is 762.